The Kier molecular flexibility index (Phi) is 6.75. The Morgan fingerprint density at radius 3 is 2.52 bits per heavy atom. The van der Waals surface area contributed by atoms with Crippen molar-refractivity contribution < 1.29 is 27.9 Å². The van der Waals surface area contributed by atoms with Gasteiger partial charge in [-0.2, -0.15) is 23.4 Å². The third-order valence-corrected chi connectivity index (χ3v) is 4.39. The predicted molar refractivity (Wildman–Crippen MR) is 113 cm³/mol. The molecule has 0 saturated carbocycles. The third-order valence-electron chi connectivity index (χ3n) is 4.39. The fraction of sp³-hybridized carbons (Fsp3) is 0.190. The topological polar surface area (TPSA) is 115 Å². The number of aliphatic carboxylic acids is 1. The van der Waals surface area contributed by atoms with Crippen molar-refractivity contribution in [2.24, 2.45) is 7.05 Å². The summed E-state index contributed by atoms with van der Waals surface area (Å²) < 4.78 is 35.0. The number of carboxylic acid groups (broad SMARTS) is 1. The summed E-state index contributed by atoms with van der Waals surface area (Å²) in [6, 6.07) is 11.8. The van der Waals surface area contributed by atoms with Gasteiger partial charge in [-0.3, -0.25) is 19.1 Å². The van der Waals surface area contributed by atoms with Gasteiger partial charge in [-0.05, 0) is 13.0 Å². The number of carboxylic acids is 1. The van der Waals surface area contributed by atoms with E-state index in [0.29, 0.717) is 5.82 Å². The number of nitrogens with zero attached hydrogens (tertiary/aromatic N) is 5. The van der Waals surface area contributed by atoms with Gasteiger partial charge in [0.25, 0.3) is 0 Å². The van der Waals surface area contributed by atoms with Crippen LogP contribution in [0.25, 0.3) is 22.0 Å². The Morgan fingerprint density at radius 2 is 1.88 bits per heavy atom. The molecule has 0 aliphatic rings. The molecular formula is C21H19F3N6O3. The van der Waals surface area contributed by atoms with Crippen LogP contribution in [0.1, 0.15) is 5.69 Å². The molecule has 3 aromatic heterocycles. The number of carbonyl (C=O) groups excluding carboxylic acids is 1. The number of halogens is 3. The van der Waals surface area contributed by atoms with Crippen molar-refractivity contribution >= 4 is 28.6 Å². The number of anilines is 1. The Bertz CT molecular complexity index is 1290. The second-order valence-corrected chi connectivity index (χ2v) is 6.95. The Labute approximate surface area is 185 Å². The molecule has 0 spiro atoms. The van der Waals surface area contributed by atoms with E-state index in [1.807, 2.05) is 49.5 Å². The molecule has 0 unspecified atom stereocenters. The van der Waals surface area contributed by atoms with Crippen LogP contribution in [0.2, 0.25) is 0 Å². The van der Waals surface area contributed by atoms with Crippen LogP contribution in [-0.4, -0.2) is 47.7 Å². The maximum Gasteiger partial charge on any atom is 0.490 e. The van der Waals surface area contributed by atoms with Gasteiger partial charge in [0, 0.05) is 42.0 Å². The van der Waals surface area contributed by atoms with Crippen LogP contribution in [0.5, 0.6) is 0 Å². The molecule has 172 valence electrons. The Morgan fingerprint density at radius 1 is 1.18 bits per heavy atom. The molecule has 3 heterocycles. The van der Waals surface area contributed by atoms with Crippen molar-refractivity contribution in [1.82, 2.24) is 24.5 Å². The first-order valence-electron chi connectivity index (χ1n) is 9.52. The van der Waals surface area contributed by atoms with Crippen molar-refractivity contribution in [1.29, 1.82) is 0 Å². The highest BCUT2D eigenvalue weighted by Gasteiger charge is 2.38. The van der Waals surface area contributed by atoms with E-state index in [1.54, 1.807) is 28.8 Å². The number of benzene rings is 1. The van der Waals surface area contributed by atoms with Gasteiger partial charge in [-0.1, -0.05) is 24.3 Å². The average Bonchev–Trinajstić information content (AvgIpc) is 3.33. The molecular weight excluding hydrogens is 441 g/mol. The van der Waals surface area contributed by atoms with Crippen molar-refractivity contribution in [2.45, 2.75) is 19.6 Å². The first-order valence-corrected chi connectivity index (χ1v) is 9.52. The zero-order valence-corrected chi connectivity index (χ0v) is 17.5. The molecule has 0 saturated heterocycles. The van der Waals surface area contributed by atoms with Gasteiger partial charge in [0.1, 0.15) is 12.4 Å². The van der Waals surface area contributed by atoms with E-state index in [-0.39, 0.29) is 12.5 Å². The lowest BCUT2D eigenvalue weighted by Gasteiger charge is -2.05. The number of pyridine rings is 1. The summed E-state index contributed by atoms with van der Waals surface area (Å²) in [6.07, 6.45) is 0.308. The van der Waals surface area contributed by atoms with Gasteiger partial charge in [0.05, 0.1) is 17.4 Å². The number of hydrogen-bond donors (Lipinski definition) is 2. The Hall–Kier alpha value is -4.22. The number of aromatic nitrogens is 5. The maximum absolute atomic E-state index is 12.3. The quantitative estimate of drug-likeness (QED) is 0.482. The molecule has 4 aromatic rings. The lowest BCUT2D eigenvalue weighted by atomic mass is 10.1. The highest BCUT2D eigenvalue weighted by molar-refractivity contribution is 5.93. The first kappa shape index (κ1) is 23.4. The standard InChI is InChI=1S/C19H18N6O.C2HF3O2/c1-13-9-17(24(2)23-13)22-18(26)12-25-11-15(10-21-25)16-7-3-5-14-6-4-8-20-19(14)16;3-2(4,5)1(6)7/h3-11H,12H2,1-2H3,(H,22,26);(H,6,7). The van der Waals surface area contributed by atoms with E-state index in [1.165, 1.54) is 0 Å². The third kappa shape index (κ3) is 5.93. The van der Waals surface area contributed by atoms with Crippen molar-refractivity contribution in [3.05, 3.63) is 60.7 Å². The second kappa shape index (κ2) is 9.51. The van der Waals surface area contributed by atoms with Gasteiger partial charge in [-0.15, -0.1) is 0 Å². The first-order chi connectivity index (χ1) is 15.5. The van der Waals surface area contributed by atoms with Crippen LogP contribution in [0.3, 0.4) is 0 Å². The molecule has 1 amide bonds. The van der Waals surface area contributed by atoms with Crippen LogP contribution in [0, 0.1) is 6.92 Å². The molecule has 0 aliphatic carbocycles. The molecule has 12 heteroatoms. The number of para-hydroxylation sites is 1. The highest BCUT2D eigenvalue weighted by Crippen LogP contribution is 2.26. The largest absolute Gasteiger partial charge is 0.490 e. The molecule has 0 bridgehead atoms. The molecule has 2 N–H and O–H groups in total. The van der Waals surface area contributed by atoms with Crippen molar-refractivity contribution in [2.75, 3.05) is 5.32 Å². The van der Waals surface area contributed by atoms with Crippen molar-refractivity contribution in [3.8, 4) is 11.1 Å². The second-order valence-electron chi connectivity index (χ2n) is 6.95. The number of nitrogens with one attached hydrogen (secondary N) is 1. The minimum absolute atomic E-state index is 0.127. The minimum atomic E-state index is -5.08. The molecule has 0 aliphatic heterocycles. The molecule has 4 rings (SSSR count). The zero-order valence-electron chi connectivity index (χ0n) is 17.5. The lowest BCUT2D eigenvalue weighted by molar-refractivity contribution is -0.192. The number of carbonyl (C=O) groups is 2. The smallest absolute Gasteiger partial charge is 0.475 e. The molecule has 0 fully saturated rings. The molecule has 9 nitrogen and oxygen atoms in total. The van der Waals surface area contributed by atoms with Gasteiger partial charge in [0.15, 0.2) is 0 Å². The van der Waals surface area contributed by atoms with E-state index in [9.17, 15) is 18.0 Å². The monoisotopic (exact) mass is 460 g/mol. The van der Waals surface area contributed by atoms with Gasteiger partial charge < -0.3 is 10.4 Å². The van der Waals surface area contributed by atoms with E-state index in [0.717, 1.165) is 27.7 Å². The summed E-state index contributed by atoms with van der Waals surface area (Å²) in [5.41, 5.74) is 3.70. The van der Waals surface area contributed by atoms with Crippen LogP contribution in [0.15, 0.2) is 55.0 Å². The fourth-order valence-corrected chi connectivity index (χ4v) is 2.98. The molecule has 0 radical (unpaired) electrons. The van der Waals surface area contributed by atoms with Crippen LogP contribution >= 0.6 is 0 Å². The number of hydrogen-bond acceptors (Lipinski definition) is 5. The van der Waals surface area contributed by atoms with E-state index in [2.05, 4.69) is 20.5 Å². The summed E-state index contributed by atoms with van der Waals surface area (Å²) >= 11 is 0. The summed E-state index contributed by atoms with van der Waals surface area (Å²) in [6.45, 7) is 2.01. The molecule has 33 heavy (non-hydrogen) atoms. The summed E-state index contributed by atoms with van der Waals surface area (Å²) in [7, 11) is 1.79. The van der Waals surface area contributed by atoms with Gasteiger partial charge in [0.2, 0.25) is 5.91 Å². The number of alkyl halides is 3. The summed E-state index contributed by atoms with van der Waals surface area (Å²) in [5, 5.41) is 19.6. The van der Waals surface area contributed by atoms with Gasteiger partial charge >= 0.3 is 12.1 Å². The van der Waals surface area contributed by atoms with Crippen LogP contribution in [-0.2, 0) is 23.2 Å². The van der Waals surface area contributed by atoms with Crippen molar-refractivity contribution in [3.63, 3.8) is 0 Å². The SMILES string of the molecule is Cc1cc(NC(=O)Cn2cc(-c3cccc4cccnc34)cn2)n(C)n1.O=C(O)C(F)(F)F. The van der Waals surface area contributed by atoms with Crippen LogP contribution < -0.4 is 5.32 Å². The summed E-state index contributed by atoms with van der Waals surface area (Å²) in [4.78, 5) is 25.6. The predicted octanol–water partition coefficient (Wildman–Crippen LogP) is 3.41. The molecule has 1 aromatic carbocycles. The average molecular weight is 460 g/mol. The highest BCUT2D eigenvalue weighted by atomic mass is 19.4. The van der Waals surface area contributed by atoms with Gasteiger partial charge in [-0.25, -0.2) is 4.79 Å². The number of rotatable bonds is 4. The number of aryl methyl sites for hydroxylation is 2. The maximum atomic E-state index is 12.3. The van der Waals surface area contributed by atoms with Crippen LogP contribution in [0.4, 0.5) is 19.0 Å². The minimum Gasteiger partial charge on any atom is -0.475 e. The number of fused-ring (bicyclic) bond motifs is 1. The Balaban J connectivity index is 0.000000383. The number of amides is 1. The molecule has 0 atom stereocenters. The fourth-order valence-electron chi connectivity index (χ4n) is 2.98. The van der Waals surface area contributed by atoms with E-state index < -0.39 is 12.1 Å². The normalized spacial score (nSPS) is 11.1. The van der Waals surface area contributed by atoms with E-state index in [4.69, 9.17) is 9.90 Å². The van der Waals surface area contributed by atoms with E-state index >= 15 is 0 Å². The zero-order chi connectivity index (χ0) is 24.2. The summed E-state index contributed by atoms with van der Waals surface area (Å²) in [5.74, 6) is -2.25. The lowest BCUT2D eigenvalue weighted by Crippen LogP contribution is -2.21.